The minimum atomic E-state index is -0.829. The van der Waals surface area contributed by atoms with Crippen molar-refractivity contribution in [3.63, 3.8) is 0 Å². The van der Waals surface area contributed by atoms with E-state index in [4.69, 9.17) is 9.94 Å². The van der Waals surface area contributed by atoms with Gasteiger partial charge in [-0.3, -0.25) is 14.4 Å². The molecule has 31 heavy (non-hydrogen) atoms. The third kappa shape index (κ3) is 13.1. The number of amides is 1. The number of hydrogen-bond acceptors (Lipinski definition) is 9. The van der Waals surface area contributed by atoms with Crippen LogP contribution in [0.15, 0.2) is 10.4 Å². The summed E-state index contributed by atoms with van der Waals surface area (Å²) in [7, 11) is 0. The third-order valence-electron chi connectivity index (χ3n) is 5.32. The Morgan fingerprint density at radius 1 is 0.968 bits per heavy atom. The molecule has 0 saturated heterocycles. The average molecular weight is 446 g/mol. The van der Waals surface area contributed by atoms with Crippen molar-refractivity contribution < 1.29 is 19.5 Å². The summed E-state index contributed by atoms with van der Waals surface area (Å²) in [6.07, 6.45) is 2.72. The molecule has 0 aliphatic rings. The van der Waals surface area contributed by atoms with E-state index < -0.39 is 29.1 Å². The number of carbonyl (C=O) groups excluding carboxylic acids is 1. The summed E-state index contributed by atoms with van der Waals surface area (Å²) in [6, 6.07) is -1.01. The summed E-state index contributed by atoms with van der Waals surface area (Å²) in [5, 5.41) is 20.8. The Bertz CT molecular complexity index is 570. The van der Waals surface area contributed by atoms with Crippen LogP contribution in [0.25, 0.3) is 0 Å². The molecule has 0 aromatic carbocycles. The predicted octanol–water partition coefficient (Wildman–Crippen LogP) is 2.49. The SMILES string of the molecule is CC(N=O)C(C)(C)NOCCNC(C)(C)C(CCNC(=O)CCCCCC(=O)O)N=O. The van der Waals surface area contributed by atoms with E-state index in [1.165, 1.54) is 0 Å². The molecule has 0 fully saturated rings. The molecule has 0 radical (unpaired) electrons. The van der Waals surface area contributed by atoms with Crippen molar-refractivity contribution in [1.82, 2.24) is 16.1 Å². The molecule has 0 aromatic heterocycles. The standard InChI is InChI=1S/C20H39N5O6/c1-15(23-29)19(2,3)25-31-14-13-22-20(4,5)16(24-30)11-12-21-17(26)9-7-6-8-10-18(27)28/h15-16,22,25H,6-14H2,1-5H3,(H,21,26)(H,27,28). The molecule has 0 aliphatic carbocycles. The van der Waals surface area contributed by atoms with Crippen LogP contribution in [0.3, 0.4) is 0 Å². The summed E-state index contributed by atoms with van der Waals surface area (Å²) in [5.74, 6) is -0.948. The second-order valence-electron chi connectivity index (χ2n) is 8.82. The van der Waals surface area contributed by atoms with Crippen LogP contribution in [0.5, 0.6) is 0 Å². The number of unbranched alkanes of at least 4 members (excludes halogenated alkanes) is 2. The number of rotatable bonds is 19. The van der Waals surface area contributed by atoms with Crippen LogP contribution in [-0.4, -0.2) is 59.8 Å². The van der Waals surface area contributed by atoms with Crippen molar-refractivity contribution in [2.24, 2.45) is 10.4 Å². The lowest BCUT2D eigenvalue weighted by Crippen LogP contribution is -2.52. The van der Waals surface area contributed by atoms with E-state index in [1.54, 1.807) is 6.92 Å². The van der Waals surface area contributed by atoms with Crippen molar-refractivity contribution in [2.75, 3.05) is 19.7 Å². The van der Waals surface area contributed by atoms with E-state index >= 15 is 0 Å². The Hall–Kier alpha value is -1.98. The Balaban J connectivity index is 4.14. The van der Waals surface area contributed by atoms with Crippen LogP contribution < -0.4 is 16.1 Å². The predicted molar refractivity (Wildman–Crippen MR) is 118 cm³/mol. The summed E-state index contributed by atoms with van der Waals surface area (Å²) in [4.78, 5) is 49.7. The molecule has 2 atom stereocenters. The smallest absolute Gasteiger partial charge is 0.303 e. The van der Waals surface area contributed by atoms with Gasteiger partial charge in [-0.15, -0.1) is 0 Å². The summed E-state index contributed by atoms with van der Waals surface area (Å²) >= 11 is 0. The molecular formula is C20H39N5O6. The van der Waals surface area contributed by atoms with Crippen LogP contribution >= 0.6 is 0 Å². The van der Waals surface area contributed by atoms with Crippen molar-refractivity contribution in [3.05, 3.63) is 9.81 Å². The topological polar surface area (TPSA) is 159 Å². The van der Waals surface area contributed by atoms with Gasteiger partial charge in [0.05, 0.1) is 12.1 Å². The van der Waals surface area contributed by atoms with Crippen molar-refractivity contribution in [1.29, 1.82) is 0 Å². The molecule has 0 spiro atoms. The first-order valence-corrected chi connectivity index (χ1v) is 10.7. The van der Waals surface area contributed by atoms with Crippen molar-refractivity contribution >= 4 is 11.9 Å². The first kappa shape index (κ1) is 29.0. The van der Waals surface area contributed by atoms with Gasteiger partial charge in [-0.05, 0) is 53.9 Å². The molecule has 0 rings (SSSR count). The van der Waals surface area contributed by atoms with Crippen molar-refractivity contribution in [2.45, 2.75) is 96.3 Å². The Kier molecular flexibility index (Phi) is 14.0. The molecule has 11 heteroatoms. The van der Waals surface area contributed by atoms with Crippen LogP contribution in [0.1, 0.15) is 73.1 Å². The Morgan fingerprint density at radius 3 is 2.19 bits per heavy atom. The van der Waals surface area contributed by atoms with Crippen LogP contribution in [-0.2, 0) is 14.4 Å². The van der Waals surface area contributed by atoms with Gasteiger partial charge >= 0.3 is 5.97 Å². The highest BCUT2D eigenvalue weighted by atomic mass is 16.6. The molecule has 0 aromatic rings. The molecule has 4 N–H and O–H groups in total. The largest absolute Gasteiger partial charge is 0.481 e. The zero-order valence-electron chi connectivity index (χ0n) is 19.4. The van der Waals surface area contributed by atoms with E-state index in [1.807, 2.05) is 27.7 Å². The average Bonchev–Trinajstić information content (AvgIpc) is 2.69. The van der Waals surface area contributed by atoms with Crippen LogP contribution in [0.4, 0.5) is 0 Å². The fourth-order valence-electron chi connectivity index (χ4n) is 2.72. The first-order valence-electron chi connectivity index (χ1n) is 10.7. The van der Waals surface area contributed by atoms with Gasteiger partial charge < -0.3 is 15.7 Å². The van der Waals surface area contributed by atoms with E-state index in [0.717, 1.165) is 0 Å². The van der Waals surface area contributed by atoms with Crippen LogP contribution in [0.2, 0.25) is 0 Å². The van der Waals surface area contributed by atoms with Gasteiger partial charge in [0.25, 0.3) is 0 Å². The number of nitrogens with one attached hydrogen (secondary N) is 3. The molecule has 2 unspecified atom stereocenters. The van der Waals surface area contributed by atoms with E-state index in [2.05, 4.69) is 26.5 Å². The lowest BCUT2D eigenvalue weighted by Gasteiger charge is -2.31. The molecule has 0 heterocycles. The summed E-state index contributed by atoms with van der Waals surface area (Å²) in [5.41, 5.74) is 1.62. The maximum absolute atomic E-state index is 11.9. The summed E-state index contributed by atoms with van der Waals surface area (Å²) < 4.78 is 0. The van der Waals surface area contributed by atoms with Gasteiger partial charge in [0.2, 0.25) is 5.91 Å². The zero-order chi connectivity index (χ0) is 23.9. The van der Waals surface area contributed by atoms with Crippen molar-refractivity contribution in [3.8, 4) is 0 Å². The molecule has 0 aliphatic heterocycles. The molecule has 180 valence electrons. The molecule has 1 amide bonds. The highest BCUT2D eigenvalue weighted by molar-refractivity contribution is 5.75. The van der Waals surface area contributed by atoms with E-state index in [-0.39, 0.29) is 12.3 Å². The number of aliphatic carboxylic acids is 1. The highest BCUT2D eigenvalue weighted by Crippen LogP contribution is 2.16. The quantitative estimate of drug-likeness (QED) is 0.134. The minimum absolute atomic E-state index is 0.115. The second-order valence-corrected chi connectivity index (χ2v) is 8.82. The van der Waals surface area contributed by atoms with Gasteiger partial charge in [-0.2, -0.15) is 15.3 Å². The lowest BCUT2D eigenvalue weighted by molar-refractivity contribution is -0.137. The monoisotopic (exact) mass is 445 g/mol. The number of hydrogen-bond donors (Lipinski definition) is 4. The lowest BCUT2D eigenvalue weighted by atomic mass is 9.92. The third-order valence-corrected chi connectivity index (χ3v) is 5.32. The molecular weight excluding hydrogens is 406 g/mol. The first-order chi connectivity index (χ1) is 14.5. The van der Waals surface area contributed by atoms with Crippen LogP contribution in [0, 0.1) is 9.81 Å². The fourth-order valence-corrected chi connectivity index (χ4v) is 2.72. The van der Waals surface area contributed by atoms with Gasteiger partial charge in [0.1, 0.15) is 12.1 Å². The maximum Gasteiger partial charge on any atom is 0.303 e. The van der Waals surface area contributed by atoms with Gasteiger partial charge in [-0.25, -0.2) is 0 Å². The second kappa shape index (κ2) is 14.9. The highest BCUT2D eigenvalue weighted by Gasteiger charge is 2.30. The van der Waals surface area contributed by atoms with Gasteiger partial charge in [-0.1, -0.05) is 16.8 Å². The number of nitrogens with zero attached hydrogens (tertiary/aromatic N) is 2. The van der Waals surface area contributed by atoms with Gasteiger partial charge in [0.15, 0.2) is 0 Å². The van der Waals surface area contributed by atoms with Gasteiger partial charge in [0, 0.05) is 31.5 Å². The summed E-state index contributed by atoms with van der Waals surface area (Å²) in [6.45, 7) is 10.1. The number of carbonyl (C=O) groups is 2. The molecule has 11 nitrogen and oxygen atoms in total. The Labute approximate surface area is 184 Å². The fraction of sp³-hybridized carbons (Fsp3) is 0.900. The maximum atomic E-state index is 11.9. The molecule has 0 bridgehead atoms. The Morgan fingerprint density at radius 2 is 1.61 bits per heavy atom. The molecule has 0 saturated carbocycles. The normalized spacial score (nSPS) is 14.0. The number of nitroso groups, excluding NO2 is 2. The number of carboxylic acids is 1. The van der Waals surface area contributed by atoms with E-state index in [9.17, 15) is 19.4 Å². The zero-order valence-corrected chi connectivity index (χ0v) is 19.4. The minimum Gasteiger partial charge on any atom is -0.481 e. The number of carboxylic acid groups (broad SMARTS) is 1. The van der Waals surface area contributed by atoms with E-state index in [0.29, 0.717) is 51.8 Å². The number of hydroxylamine groups is 1.